The third-order valence-corrected chi connectivity index (χ3v) is 4.05. The summed E-state index contributed by atoms with van der Waals surface area (Å²) in [5, 5.41) is 2.46. The summed E-state index contributed by atoms with van der Waals surface area (Å²) in [6.07, 6.45) is 0. The van der Waals surface area contributed by atoms with Crippen molar-refractivity contribution >= 4 is 59.4 Å². The number of carbonyl (C=O) groups excluding carboxylic acids is 1. The molecule has 0 aromatic heterocycles. The van der Waals surface area contributed by atoms with Gasteiger partial charge in [0.2, 0.25) is 0 Å². The van der Waals surface area contributed by atoms with E-state index in [1.165, 1.54) is 0 Å². The number of benzene rings is 2. The van der Waals surface area contributed by atoms with Gasteiger partial charge in [-0.3, -0.25) is 4.79 Å². The van der Waals surface area contributed by atoms with Gasteiger partial charge in [0.05, 0.1) is 5.69 Å². The molecule has 7 heteroatoms. The highest BCUT2D eigenvalue weighted by Crippen LogP contribution is 2.27. The number of halogens is 5. The van der Waals surface area contributed by atoms with Gasteiger partial charge in [0.15, 0.2) is 0 Å². The van der Waals surface area contributed by atoms with Crippen LogP contribution in [0.15, 0.2) is 43.7 Å². The molecule has 2 nitrogen and oxygen atoms in total. The van der Waals surface area contributed by atoms with E-state index in [0.29, 0.717) is 10.2 Å². The molecule has 1 amide bonds. The van der Waals surface area contributed by atoms with Crippen LogP contribution in [0.1, 0.15) is 10.4 Å². The van der Waals surface area contributed by atoms with Crippen LogP contribution in [0.4, 0.5) is 14.5 Å². The normalized spacial score (nSPS) is 10.4. The molecule has 1 N–H and O–H groups in total. The molecule has 0 radical (unpaired) electrons. The van der Waals surface area contributed by atoms with E-state index in [4.69, 9.17) is 0 Å². The van der Waals surface area contributed by atoms with Crippen molar-refractivity contribution in [2.75, 3.05) is 5.32 Å². The minimum atomic E-state index is -0.930. The van der Waals surface area contributed by atoms with E-state index >= 15 is 0 Å². The molecule has 0 atom stereocenters. The van der Waals surface area contributed by atoms with Crippen LogP contribution in [0.5, 0.6) is 0 Å². The number of amides is 1. The Labute approximate surface area is 138 Å². The Morgan fingerprint density at radius 1 is 0.950 bits per heavy atom. The second-order valence-corrected chi connectivity index (χ2v) is 6.51. The molecule has 0 unspecified atom stereocenters. The van der Waals surface area contributed by atoms with Crippen molar-refractivity contribution < 1.29 is 13.6 Å². The summed E-state index contributed by atoms with van der Waals surface area (Å²) in [6.45, 7) is 0. The largest absolute Gasteiger partial charge is 0.321 e. The fraction of sp³-hybridized carbons (Fsp3) is 0. The van der Waals surface area contributed by atoms with Crippen LogP contribution in [-0.4, -0.2) is 5.91 Å². The van der Waals surface area contributed by atoms with Gasteiger partial charge in [-0.25, -0.2) is 8.78 Å². The lowest BCUT2D eigenvalue weighted by Gasteiger charge is -2.09. The lowest BCUT2D eigenvalue weighted by Crippen LogP contribution is -2.16. The molecule has 2 rings (SSSR count). The number of hydrogen-bond donors (Lipinski definition) is 1. The third kappa shape index (κ3) is 3.45. The summed E-state index contributed by atoms with van der Waals surface area (Å²) in [6, 6.07) is 7.16. The summed E-state index contributed by atoms with van der Waals surface area (Å²) in [7, 11) is 0. The average Bonchev–Trinajstić information content (AvgIpc) is 2.32. The topological polar surface area (TPSA) is 29.1 Å². The molecular weight excluding hydrogens is 464 g/mol. The molecule has 0 aliphatic rings. The molecule has 0 saturated carbocycles. The highest BCUT2D eigenvalue weighted by molar-refractivity contribution is 9.11. The monoisotopic (exact) mass is 467 g/mol. The lowest BCUT2D eigenvalue weighted by atomic mass is 10.2. The zero-order valence-corrected chi connectivity index (χ0v) is 14.4. The SMILES string of the molecule is O=C(Nc1cc(Br)ccc1Br)c1c(F)cc(Br)cc1F. The fourth-order valence-electron chi connectivity index (χ4n) is 1.54. The maximum atomic E-state index is 13.7. The Bertz CT molecular complexity index is 668. The van der Waals surface area contributed by atoms with Gasteiger partial charge < -0.3 is 5.32 Å². The number of carbonyl (C=O) groups is 1. The second kappa shape index (κ2) is 6.32. The van der Waals surface area contributed by atoms with Gasteiger partial charge in [-0.05, 0) is 46.3 Å². The highest BCUT2D eigenvalue weighted by atomic mass is 79.9. The van der Waals surface area contributed by atoms with E-state index in [1.54, 1.807) is 18.2 Å². The quantitative estimate of drug-likeness (QED) is 0.618. The van der Waals surface area contributed by atoms with E-state index in [-0.39, 0.29) is 4.47 Å². The van der Waals surface area contributed by atoms with Gasteiger partial charge in [-0.15, -0.1) is 0 Å². The smallest absolute Gasteiger partial charge is 0.261 e. The first-order valence-electron chi connectivity index (χ1n) is 5.29. The molecule has 0 bridgehead atoms. The molecule has 0 fully saturated rings. The summed E-state index contributed by atoms with van der Waals surface area (Å²) in [5.41, 5.74) is -0.217. The molecule has 2 aromatic carbocycles. The molecule has 0 saturated heterocycles. The summed E-state index contributed by atoms with van der Waals surface area (Å²) >= 11 is 9.46. The van der Waals surface area contributed by atoms with Crippen molar-refractivity contribution in [3.63, 3.8) is 0 Å². The molecule has 2 aromatic rings. The third-order valence-electron chi connectivity index (χ3n) is 2.41. The molecular formula is C13H6Br3F2NO. The summed E-state index contributed by atoms with van der Waals surface area (Å²) in [4.78, 5) is 12.0. The predicted molar refractivity (Wildman–Crippen MR) is 83.9 cm³/mol. The molecule has 104 valence electrons. The number of nitrogens with one attached hydrogen (secondary N) is 1. The average molecular weight is 470 g/mol. The molecule has 0 aliphatic carbocycles. The van der Waals surface area contributed by atoms with Crippen molar-refractivity contribution in [3.05, 3.63) is 60.9 Å². The van der Waals surface area contributed by atoms with Crippen molar-refractivity contribution in [1.29, 1.82) is 0 Å². The van der Waals surface area contributed by atoms with Crippen LogP contribution in [0.25, 0.3) is 0 Å². The predicted octanol–water partition coefficient (Wildman–Crippen LogP) is 5.50. The summed E-state index contributed by atoms with van der Waals surface area (Å²) < 4.78 is 28.9. The van der Waals surface area contributed by atoms with Crippen molar-refractivity contribution in [1.82, 2.24) is 0 Å². The van der Waals surface area contributed by atoms with Crippen molar-refractivity contribution in [2.24, 2.45) is 0 Å². The van der Waals surface area contributed by atoms with Crippen molar-refractivity contribution in [2.45, 2.75) is 0 Å². The van der Waals surface area contributed by atoms with Gasteiger partial charge in [0.25, 0.3) is 5.91 Å². The Balaban J connectivity index is 2.36. The molecule has 0 spiro atoms. The van der Waals surface area contributed by atoms with Gasteiger partial charge >= 0.3 is 0 Å². The first-order chi connectivity index (χ1) is 9.38. The first-order valence-corrected chi connectivity index (χ1v) is 7.67. The van der Waals surface area contributed by atoms with Crippen LogP contribution in [0.2, 0.25) is 0 Å². The van der Waals surface area contributed by atoms with Crippen LogP contribution < -0.4 is 5.32 Å². The molecule has 0 aliphatic heterocycles. The van der Waals surface area contributed by atoms with Gasteiger partial charge in [-0.1, -0.05) is 31.9 Å². The van der Waals surface area contributed by atoms with E-state index in [9.17, 15) is 13.6 Å². The van der Waals surface area contributed by atoms with Gasteiger partial charge in [0, 0.05) is 13.4 Å². The number of hydrogen-bond acceptors (Lipinski definition) is 1. The fourth-order valence-corrected chi connectivity index (χ4v) is 2.65. The van der Waals surface area contributed by atoms with Crippen molar-refractivity contribution in [3.8, 4) is 0 Å². The Morgan fingerprint density at radius 3 is 2.15 bits per heavy atom. The highest BCUT2D eigenvalue weighted by Gasteiger charge is 2.19. The molecule has 0 heterocycles. The standard InChI is InChI=1S/C13H6Br3F2NO/c14-6-1-2-8(16)11(5-6)19-13(20)12-9(17)3-7(15)4-10(12)18/h1-5H,(H,19,20). The van der Waals surface area contributed by atoms with Gasteiger partial charge in [0.1, 0.15) is 17.2 Å². The zero-order valence-electron chi connectivity index (χ0n) is 9.68. The Hall–Kier alpha value is -0.790. The van der Waals surface area contributed by atoms with Crippen LogP contribution in [-0.2, 0) is 0 Å². The lowest BCUT2D eigenvalue weighted by molar-refractivity contribution is 0.101. The van der Waals surface area contributed by atoms with Crippen LogP contribution in [0, 0.1) is 11.6 Å². The van der Waals surface area contributed by atoms with E-state index < -0.39 is 23.1 Å². The first kappa shape index (κ1) is 15.6. The van der Waals surface area contributed by atoms with Crippen LogP contribution >= 0.6 is 47.8 Å². The number of anilines is 1. The zero-order chi connectivity index (χ0) is 14.9. The van der Waals surface area contributed by atoms with Gasteiger partial charge in [-0.2, -0.15) is 0 Å². The second-order valence-electron chi connectivity index (χ2n) is 3.82. The number of rotatable bonds is 2. The minimum absolute atomic E-state index is 0.229. The van der Waals surface area contributed by atoms with E-state index in [0.717, 1.165) is 16.6 Å². The maximum Gasteiger partial charge on any atom is 0.261 e. The van der Waals surface area contributed by atoms with Crippen LogP contribution in [0.3, 0.4) is 0 Å². The Morgan fingerprint density at radius 2 is 1.55 bits per heavy atom. The van der Waals surface area contributed by atoms with E-state index in [1.807, 2.05) is 0 Å². The van der Waals surface area contributed by atoms with E-state index in [2.05, 4.69) is 53.1 Å². The minimum Gasteiger partial charge on any atom is -0.321 e. The summed E-state index contributed by atoms with van der Waals surface area (Å²) in [5.74, 6) is -2.72. The Kier molecular flexibility index (Phi) is 4.93. The molecule has 20 heavy (non-hydrogen) atoms. The maximum absolute atomic E-state index is 13.7.